The molecule has 3 rings (SSSR count). The van der Waals surface area contributed by atoms with Crippen LogP contribution in [-0.4, -0.2) is 18.2 Å². The van der Waals surface area contributed by atoms with Crippen molar-refractivity contribution in [3.05, 3.63) is 70.6 Å². The van der Waals surface area contributed by atoms with Crippen molar-refractivity contribution < 1.29 is 8.42 Å². The number of benzene rings is 1. The Hall–Kier alpha value is -1.92. The number of nitrogens with one attached hydrogen (secondary N) is 1. The Labute approximate surface area is 129 Å². The van der Waals surface area contributed by atoms with Crippen LogP contribution in [0.15, 0.2) is 59.5 Å². The van der Waals surface area contributed by atoms with Gasteiger partial charge in [0.15, 0.2) is 0 Å². The summed E-state index contributed by atoms with van der Waals surface area (Å²) in [6, 6.07) is 13.8. The Kier molecular flexibility index (Phi) is 4.13. The summed E-state index contributed by atoms with van der Waals surface area (Å²) in [6.45, 7) is 0.273. The predicted octanol–water partition coefficient (Wildman–Crippen LogP) is 1.67. The molecule has 0 amide bonds. The fraction of sp³-hybridized carbons (Fsp3) is 0.312. The van der Waals surface area contributed by atoms with Crippen molar-refractivity contribution in [1.29, 1.82) is 0 Å². The smallest absolute Gasteiger partial charge is 0.250 e. The Morgan fingerprint density at radius 3 is 2.41 bits per heavy atom. The van der Waals surface area contributed by atoms with Gasteiger partial charge in [0.1, 0.15) is 0 Å². The molecule has 6 heteroatoms. The molecule has 22 heavy (non-hydrogen) atoms. The molecule has 0 spiro atoms. The molecule has 0 radical (unpaired) electrons. The Morgan fingerprint density at radius 1 is 1.09 bits per heavy atom. The van der Waals surface area contributed by atoms with E-state index in [1.807, 2.05) is 30.3 Å². The molecule has 0 bridgehead atoms. The van der Waals surface area contributed by atoms with Crippen molar-refractivity contribution in [2.24, 2.45) is 0 Å². The van der Waals surface area contributed by atoms with Crippen molar-refractivity contribution in [3.63, 3.8) is 0 Å². The maximum absolute atomic E-state index is 12.3. The van der Waals surface area contributed by atoms with E-state index in [9.17, 15) is 13.2 Å². The van der Waals surface area contributed by atoms with E-state index in [-0.39, 0.29) is 17.4 Å². The van der Waals surface area contributed by atoms with Crippen molar-refractivity contribution in [2.45, 2.75) is 30.7 Å². The van der Waals surface area contributed by atoms with Gasteiger partial charge >= 0.3 is 0 Å². The minimum atomic E-state index is -3.33. The molecule has 1 aliphatic carbocycles. The van der Waals surface area contributed by atoms with E-state index in [2.05, 4.69) is 4.72 Å². The van der Waals surface area contributed by atoms with Gasteiger partial charge in [-0.2, -0.15) is 0 Å². The summed E-state index contributed by atoms with van der Waals surface area (Å²) in [5.74, 6) is 0. The summed E-state index contributed by atoms with van der Waals surface area (Å²) in [6.07, 6.45) is 3.09. The number of aromatic nitrogens is 1. The molecule has 1 aromatic carbocycles. The minimum Gasteiger partial charge on any atom is -0.314 e. The SMILES string of the molecule is O=c1ccccn1CC(NS(=O)(=O)C1CC1)c1ccccc1. The molecule has 1 atom stereocenters. The third-order valence-corrected chi connectivity index (χ3v) is 5.71. The zero-order valence-electron chi connectivity index (χ0n) is 12.1. The van der Waals surface area contributed by atoms with E-state index in [1.54, 1.807) is 18.3 Å². The van der Waals surface area contributed by atoms with Crippen molar-refractivity contribution in [1.82, 2.24) is 9.29 Å². The van der Waals surface area contributed by atoms with E-state index in [1.165, 1.54) is 10.6 Å². The van der Waals surface area contributed by atoms with Crippen molar-refractivity contribution in [3.8, 4) is 0 Å². The molecular weight excluding hydrogens is 300 g/mol. The monoisotopic (exact) mass is 318 g/mol. The molecule has 1 N–H and O–H groups in total. The first kappa shape index (κ1) is 15.0. The number of pyridine rings is 1. The van der Waals surface area contributed by atoms with Gasteiger partial charge in [-0.05, 0) is 24.5 Å². The second kappa shape index (κ2) is 6.06. The molecule has 0 aliphatic heterocycles. The summed E-state index contributed by atoms with van der Waals surface area (Å²) in [5.41, 5.74) is 0.705. The molecular formula is C16H18N2O3S. The average Bonchev–Trinajstić information content (AvgIpc) is 3.35. The molecule has 1 fully saturated rings. The average molecular weight is 318 g/mol. The zero-order chi connectivity index (χ0) is 15.6. The lowest BCUT2D eigenvalue weighted by Crippen LogP contribution is -2.35. The molecule has 5 nitrogen and oxygen atoms in total. The highest BCUT2D eigenvalue weighted by Gasteiger charge is 2.37. The summed E-state index contributed by atoms with van der Waals surface area (Å²) in [5, 5.41) is -0.286. The van der Waals surface area contributed by atoms with Crippen LogP contribution in [0.5, 0.6) is 0 Å². The second-order valence-corrected chi connectivity index (χ2v) is 7.51. The highest BCUT2D eigenvalue weighted by Crippen LogP contribution is 2.29. The molecule has 1 saturated carbocycles. The van der Waals surface area contributed by atoms with E-state index < -0.39 is 16.1 Å². The zero-order valence-corrected chi connectivity index (χ0v) is 12.9. The maximum Gasteiger partial charge on any atom is 0.250 e. The largest absolute Gasteiger partial charge is 0.314 e. The van der Waals surface area contributed by atoms with Gasteiger partial charge in [-0.1, -0.05) is 36.4 Å². The van der Waals surface area contributed by atoms with Crippen LogP contribution in [0.2, 0.25) is 0 Å². The van der Waals surface area contributed by atoms with Crippen LogP contribution in [0.25, 0.3) is 0 Å². The van der Waals surface area contributed by atoms with E-state index in [0.717, 1.165) is 5.56 Å². The quantitative estimate of drug-likeness (QED) is 0.881. The molecule has 2 aromatic rings. The first-order chi connectivity index (χ1) is 10.6. The molecule has 1 aliphatic rings. The summed E-state index contributed by atoms with van der Waals surface area (Å²) >= 11 is 0. The van der Waals surface area contributed by atoms with Crippen LogP contribution in [0.3, 0.4) is 0 Å². The van der Waals surface area contributed by atoms with Crippen LogP contribution >= 0.6 is 0 Å². The lowest BCUT2D eigenvalue weighted by atomic mass is 10.1. The van der Waals surface area contributed by atoms with Crippen LogP contribution in [0.4, 0.5) is 0 Å². The van der Waals surface area contributed by atoms with Gasteiger partial charge < -0.3 is 4.57 Å². The second-order valence-electron chi connectivity index (χ2n) is 5.52. The predicted molar refractivity (Wildman–Crippen MR) is 85.0 cm³/mol. The minimum absolute atomic E-state index is 0.144. The van der Waals surface area contributed by atoms with E-state index in [4.69, 9.17) is 0 Å². The summed E-state index contributed by atoms with van der Waals surface area (Å²) in [7, 11) is -3.33. The summed E-state index contributed by atoms with van der Waals surface area (Å²) < 4.78 is 28.8. The third-order valence-electron chi connectivity index (χ3n) is 3.75. The normalized spacial score (nSPS) is 16.4. The first-order valence-corrected chi connectivity index (χ1v) is 8.82. The van der Waals surface area contributed by atoms with E-state index >= 15 is 0 Å². The summed E-state index contributed by atoms with van der Waals surface area (Å²) in [4.78, 5) is 11.9. The van der Waals surface area contributed by atoms with Crippen LogP contribution < -0.4 is 10.3 Å². The van der Waals surface area contributed by atoms with Gasteiger partial charge in [0, 0.05) is 18.8 Å². The van der Waals surface area contributed by atoms with Gasteiger partial charge in [0.2, 0.25) is 10.0 Å². The third kappa shape index (κ3) is 3.45. The van der Waals surface area contributed by atoms with Gasteiger partial charge in [-0.15, -0.1) is 0 Å². The van der Waals surface area contributed by atoms with Crippen LogP contribution in [0.1, 0.15) is 24.4 Å². The highest BCUT2D eigenvalue weighted by molar-refractivity contribution is 7.90. The lowest BCUT2D eigenvalue weighted by molar-refractivity contribution is 0.502. The Balaban J connectivity index is 1.89. The maximum atomic E-state index is 12.3. The highest BCUT2D eigenvalue weighted by atomic mass is 32.2. The van der Waals surface area contributed by atoms with Crippen LogP contribution in [0, 0.1) is 0 Å². The molecule has 116 valence electrons. The molecule has 1 heterocycles. The van der Waals surface area contributed by atoms with Gasteiger partial charge in [-0.25, -0.2) is 13.1 Å². The molecule has 1 unspecified atom stereocenters. The number of rotatable bonds is 6. The standard InChI is InChI=1S/C16H18N2O3S/c19-16-8-4-5-11-18(16)12-15(13-6-2-1-3-7-13)17-22(20,21)14-9-10-14/h1-8,11,14-15,17H,9-10,12H2. The molecule has 1 aromatic heterocycles. The number of nitrogens with zero attached hydrogens (tertiary/aromatic N) is 1. The first-order valence-electron chi connectivity index (χ1n) is 7.28. The number of hydrogen-bond acceptors (Lipinski definition) is 3. The number of hydrogen-bond donors (Lipinski definition) is 1. The Bertz CT molecular complexity index is 795. The van der Waals surface area contributed by atoms with E-state index in [0.29, 0.717) is 12.8 Å². The lowest BCUT2D eigenvalue weighted by Gasteiger charge is -2.20. The van der Waals surface area contributed by atoms with Gasteiger partial charge in [0.05, 0.1) is 11.3 Å². The fourth-order valence-corrected chi connectivity index (χ4v) is 3.93. The fourth-order valence-electron chi connectivity index (χ4n) is 2.38. The van der Waals surface area contributed by atoms with Crippen molar-refractivity contribution >= 4 is 10.0 Å². The number of sulfonamides is 1. The Morgan fingerprint density at radius 2 is 1.77 bits per heavy atom. The topological polar surface area (TPSA) is 68.2 Å². The van der Waals surface area contributed by atoms with Gasteiger partial charge in [0.25, 0.3) is 5.56 Å². The van der Waals surface area contributed by atoms with Crippen LogP contribution in [-0.2, 0) is 16.6 Å². The molecule has 0 saturated heterocycles. The van der Waals surface area contributed by atoms with Gasteiger partial charge in [-0.3, -0.25) is 4.79 Å². The van der Waals surface area contributed by atoms with Crippen molar-refractivity contribution in [2.75, 3.05) is 0 Å².